The van der Waals surface area contributed by atoms with Crippen molar-refractivity contribution in [3.05, 3.63) is 88.0 Å². The molecule has 0 aliphatic carbocycles. The number of nitrogens with zero attached hydrogens (tertiary/aromatic N) is 4. The molecule has 1 aliphatic rings. The Morgan fingerprint density at radius 3 is 2.13 bits per heavy atom. The highest BCUT2D eigenvalue weighted by Crippen LogP contribution is 2.27. The summed E-state index contributed by atoms with van der Waals surface area (Å²) in [6.07, 6.45) is 1.92. The number of aromatic nitrogens is 2. The first kappa shape index (κ1) is 26.9. The minimum Gasteiger partial charge on any atom is -0.481 e. The lowest BCUT2D eigenvalue weighted by Crippen LogP contribution is -2.48. The average molecular weight is 563 g/mol. The second-order valence-electron chi connectivity index (χ2n) is 9.59. The van der Waals surface area contributed by atoms with Gasteiger partial charge >= 0.3 is 5.97 Å². The van der Waals surface area contributed by atoms with Crippen molar-refractivity contribution in [3.8, 4) is 11.3 Å². The van der Waals surface area contributed by atoms with E-state index in [4.69, 9.17) is 38.3 Å². The van der Waals surface area contributed by atoms with Crippen molar-refractivity contribution in [1.29, 1.82) is 0 Å². The number of carbonyl (C=O) groups excluding carboxylic acids is 1. The quantitative estimate of drug-likeness (QED) is 0.251. The van der Waals surface area contributed by atoms with E-state index in [1.165, 1.54) is 0 Å². The molecule has 1 aliphatic heterocycles. The number of halogens is 2. The van der Waals surface area contributed by atoms with Crippen LogP contribution in [0.1, 0.15) is 35.3 Å². The zero-order valence-corrected chi connectivity index (χ0v) is 22.8. The molecule has 3 aromatic carbocycles. The van der Waals surface area contributed by atoms with E-state index in [9.17, 15) is 9.59 Å². The van der Waals surface area contributed by atoms with E-state index in [0.29, 0.717) is 59.0 Å². The number of carboxylic acids is 1. The van der Waals surface area contributed by atoms with Crippen molar-refractivity contribution in [3.63, 3.8) is 0 Å². The fourth-order valence-corrected chi connectivity index (χ4v) is 5.06. The molecule has 0 atom stereocenters. The second kappa shape index (κ2) is 12.0. The Kier molecular flexibility index (Phi) is 8.29. The first-order chi connectivity index (χ1) is 18.9. The Morgan fingerprint density at radius 1 is 0.795 bits per heavy atom. The first-order valence-corrected chi connectivity index (χ1v) is 13.7. The largest absolute Gasteiger partial charge is 0.481 e. The van der Waals surface area contributed by atoms with Gasteiger partial charge in [-0.2, -0.15) is 0 Å². The number of hydrogen-bond donors (Lipinski definition) is 1. The number of benzene rings is 3. The molecule has 9 heteroatoms. The highest BCUT2D eigenvalue weighted by atomic mass is 35.5. The molecule has 4 aromatic rings. The van der Waals surface area contributed by atoms with Gasteiger partial charge in [0, 0.05) is 59.5 Å². The zero-order valence-electron chi connectivity index (χ0n) is 21.3. The fourth-order valence-electron chi connectivity index (χ4n) is 4.81. The number of carboxylic acid groups (broad SMARTS) is 1. The second-order valence-corrected chi connectivity index (χ2v) is 10.5. The highest BCUT2D eigenvalue weighted by molar-refractivity contribution is 6.30. The molecular weight excluding hydrogens is 535 g/mol. The molecule has 5 rings (SSSR count). The molecule has 1 amide bonds. The van der Waals surface area contributed by atoms with Gasteiger partial charge < -0.3 is 14.9 Å². The van der Waals surface area contributed by atoms with Gasteiger partial charge in [-0.3, -0.25) is 9.59 Å². The molecule has 200 valence electrons. The number of rotatable bonds is 8. The zero-order chi connectivity index (χ0) is 27.4. The van der Waals surface area contributed by atoms with Crippen LogP contribution in [0.3, 0.4) is 0 Å². The van der Waals surface area contributed by atoms with Gasteiger partial charge in [0.1, 0.15) is 0 Å². The number of carbonyl (C=O) groups is 2. The molecule has 1 aromatic heterocycles. The van der Waals surface area contributed by atoms with Gasteiger partial charge in [0.25, 0.3) is 5.91 Å². The maximum absolute atomic E-state index is 13.4. The van der Waals surface area contributed by atoms with Crippen molar-refractivity contribution < 1.29 is 14.7 Å². The fraction of sp³-hybridized carbons (Fsp3) is 0.267. The maximum atomic E-state index is 13.4. The van der Waals surface area contributed by atoms with E-state index >= 15 is 0 Å². The van der Waals surface area contributed by atoms with Crippen LogP contribution in [0, 0.1) is 0 Å². The highest BCUT2D eigenvalue weighted by Gasteiger charge is 2.23. The normalized spacial score (nSPS) is 13.6. The predicted molar refractivity (Wildman–Crippen MR) is 155 cm³/mol. The van der Waals surface area contributed by atoms with Crippen LogP contribution < -0.4 is 4.90 Å². The average Bonchev–Trinajstić information content (AvgIpc) is 2.95. The Bertz CT molecular complexity index is 1490. The third kappa shape index (κ3) is 6.49. The number of hydrogen-bond acceptors (Lipinski definition) is 5. The lowest BCUT2D eigenvalue weighted by Gasteiger charge is -2.36. The number of aryl methyl sites for hydroxylation is 1. The van der Waals surface area contributed by atoms with Gasteiger partial charge in [-0.05, 0) is 73.9 Å². The van der Waals surface area contributed by atoms with Crippen molar-refractivity contribution in [2.24, 2.45) is 0 Å². The minimum absolute atomic E-state index is 0.0285. The molecule has 0 unspecified atom stereocenters. The molecule has 7 nitrogen and oxygen atoms in total. The number of fused-ring (bicyclic) bond motifs is 1. The summed E-state index contributed by atoms with van der Waals surface area (Å²) in [6, 6.07) is 20.6. The van der Waals surface area contributed by atoms with Crippen molar-refractivity contribution in [2.75, 3.05) is 31.1 Å². The summed E-state index contributed by atoms with van der Waals surface area (Å²) >= 11 is 12.1. The molecule has 0 bridgehead atoms. The van der Waals surface area contributed by atoms with Crippen LogP contribution in [0.2, 0.25) is 10.0 Å². The predicted octanol–water partition coefficient (Wildman–Crippen LogP) is 6.36. The summed E-state index contributed by atoms with van der Waals surface area (Å²) in [6.45, 7) is 2.72. The number of unbranched alkanes of at least 4 members (excludes halogenated alkanes) is 1. The SMILES string of the molecule is O=C(O)CCCCc1nc2cc(C(=O)N3CCN(c4ccc(Cl)cc4)CC3)ccc2nc1-c1ccc(Cl)cc1. The summed E-state index contributed by atoms with van der Waals surface area (Å²) in [4.78, 5) is 38.3. The molecule has 2 heterocycles. The van der Waals surface area contributed by atoms with Crippen molar-refractivity contribution >= 4 is 51.8 Å². The molecule has 39 heavy (non-hydrogen) atoms. The van der Waals surface area contributed by atoms with Gasteiger partial charge in [0.2, 0.25) is 0 Å². The van der Waals surface area contributed by atoms with E-state index < -0.39 is 5.97 Å². The van der Waals surface area contributed by atoms with Crippen LogP contribution >= 0.6 is 23.2 Å². The Balaban J connectivity index is 1.36. The van der Waals surface area contributed by atoms with E-state index in [0.717, 1.165) is 35.7 Å². The molecule has 0 saturated carbocycles. The Labute approximate surface area is 237 Å². The lowest BCUT2D eigenvalue weighted by molar-refractivity contribution is -0.137. The number of amides is 1. The monoisotopic (exact) mass is 562 g/mol. The first-order valence-electron chi connectivity index (χ1n) is 13.0. The topological polar surface area (TPSA) is 86.6 Å². The van der Waals surface area contributed by atoms with Gasteiger partial charge in [0.15, 0.2) is 0 Å². The van der Waals surface area contributed by atoms with Crippen LogP contribution in [0.5, 0.6) is 0 Å². The molecule has 1 saturated heterocycles. The number of piperazine rings is 1. The number of anilines is 1. The summed E-state index contributed by atoms with van der Waals surface area (Å²) in [5, 5.41) is 10.3. The summed E-state index contributed by atoms with van der Waals surface area (Å²) in [7, 11) is 0. The molecule has 1 N–H and O–H groups in total. The lowest BCUT2D eigenvalue weighted by atomic mass is 10.0. The standard InChI is InChI=1S/C30H28Cl2N4O3/c31-22-8-5-20(6-9-22)29-26(3-1-2-4-28(37)38)33-27-19-21(7-14-25(27)34-29)30(39)36-17-15-35(16-18-36)24-12-10-23(32)11-13-24/h5-14,19H,1-4,15-18H2,(H,37,38). The van der Waals surface area contributed by atoms with E-state index in [2.05, 4.69) is 4.90 Å². The molecule has 0 radical (unpaired) electrons. The van der Waals surface area contributed by atoms with Gasteiger partial charge in [-0.1, -0.05) is 35.3 Å². The Hall–Kier alpha value is -3.68. The van der Waals surface area contributed by atoms with Crippen molar-refractivity contribution in [1.82, 2.24) is 14.9 Å². The molecule has 0 spiro atoms. The van der Waals surface area contributed by atoms with Crippen molar-refractivity contribution in [2.45, 2.75) is 25.7 Å². The van der Waals surface area contributed by atoms with Gasteiger partial charge in [-0.25, -0.2) is 9.97 Å². The molecule has 1 fully saturated rings. The van der Waals surface area contributed by atoms with Crippen LogP contribution in [-0.4, -0.2) is 58.0 Å². The number of aliphatic carboxylic acids is 1. The summed E-state index contributed by atoms with van der Waals surface area (Å²) in [5.74, 6) is -0.839. The van der Waals surface area contributed by atoms with Crippen LogP contribution in [0.4, 0.5) is 5.69 Å². The minimum atomic E-state index is -0.810. The van der Waals surface area contributed by atoms with E-state index in [1.807, 2.05) is 71.6 Å². The van der Waals surface area contributed by atoms with Crippen LogP contribution in [-0.2, 0) is 11.2 Å². The van der Waals surface area contributed by atoms with Crippen LogP contribution in [0.25, 0.3) is 22.3 Å². The van der Waals surface area contributed by atoms with E-state index in [-0.39, 0.29) is 12.3 Å². The maximum Gasteiger partial charge on any atom is 0.303 e. The van der Waals surface area contributed by atoms with Gasteiger partial charge in [-0.15, -0.1) is 0 Å². The van der Waals surface area contributed by atoms with Gasteiger partial charge in [0.05, 0.1) is 22.4 Å². The smallest absolute Gasteiger partial charge is 0.303 e. The summed E-state index contributed by atoms with van der Waals surface area (Å²) < 4.78 is 0. The third-order valence-corrected chi connectivity index (χ3v) is 7.42. The van der Waals surface area contributed by atoms with Crippen LogP contribution in [0.15, 0.2) is 66.7 Å². The summed E-state index contributed by atoms with van der Waals surface area (Å²) in [5.41, 5.74) is 5.42. The molecular formula is C30H28Cl2N4O3. The van der Waals surface area contributed by atoms with E-state index in [1.54, 1.807) is 0 Å². The Morgan fingerprint density at radius 2 is 1.46 bits per heavy atom. The third-order valence-electron chi connectivity index (χ3n) is 6.91.